The summed E-state index contributed by atoms with van der Waals surface area (Å²) in [5.41, 5.74) is 0.865. The van der Waals surface area contributed by atoms with Gasteiger partial charge in [0.2, 0.25) is 0 Å². The van der Waals surface area contributed by atoms with Crippen LogP contribution in [0.25, 0.3) is 0 Å². The minimum absolute atomic E-state index is 0.425. The van der Waals surface area contributed by atoms with E-state index >= 15 is 0 Å². The Morgan fingerprint density at radius 3 is 2.57 bits per heavy atom. The number of carbonyl (C=O) groups is 2. The van der Waals surface area contributed by atoms with Gasteiger partial charge in [-0.15, -0.1) is 0 Å². The second-order valence-corrected chi connectivity index (χ2v) is 5.40. The molecule has 0 bridgehead atoms. The highest BCUT2D eigenvalue weighted by Crippen LogP contribution is 2.29. The maximum atomic E-state index is 12.2. The number of benzene rings is 1. The molecule has 0 spiro atoms. The fourth-order valence-corrected chi connectivity index (χ4v) is 2.43. The van der Waals surface area contributed by atoms with Crippen LogP contribution < -0.4 is 14.8 Å². The van der Waals surface area contributed by atoms with Gasteiger partial charge in [-0.2, -0.15) is 11.3 Å². The Kier molecular flexibility index (Phi) is 5.59. The summed E-state index contributed by atoms with van der Waals surface area (Å²) >= 11 is 1.38. The van der Waals surface area contributed by atoms with Crippen molar-refractivity contribution in [3.8, 4) is 11.5 Å². The lowest BCUT2D eigenvalue weighted by molar-refractivity contribution is -0.123. The molecular formula is C16H17NO5S. The molecule has 2 rings (SSSR count). The number of nitrogens with one attached hydrogen (secondary N) is 1. The van der Waals surface area contributed by atoms with Gasteiger partial charge in [0, 0.05) is 11.4 Å². The van der Waals surface area contributed by atoms with E-state index in [0.717, 1.165) is 0 Å². The first-order valence-electron chi connectivity index (χ1n) is 6.81. The molecule has 0 fully saturated rings. The quantitative estimate of drug-likeness (QED) is 0.822. The van der Waals surface area contributed by atoms with E-state index in [0.29, 0.717) is 22.7 Å². The Bertz CT molecular complexity index is 684. The molecule has 0 saturated heterocycles. The molecule has 0 saturated carbocycles. The lowest BCUT2D eigenvalue weighted by atomic mass is 10.2. The van der Waals surface area contributed by atoms with E-state index in [1.54, 1.807) is 35.0 Å². The van der Waals surface area contributed by atoms with Gasteiger partial charge in [-0.05, 0) is 30.5 Å². The summed E-state index contributed by atoms with van der Waals surface area (Å²) in [5.74, 6) is 0.0613. The number of carbonyl (C=O) groups excluding carboxylic acids is 2. The Morgan fingerprint density at radius 2 is 1.96 bits per heavy atom. The van der Waals surface area contributed by atoms with E-state index in [4.69, 9.17) is 14.2 Å². The fourth-order valence-electron chi connectivity index (χ4n) is 1.81. The lowest BCUT2D eigenvalue weighted by Gasteiger charge is -2.15. The zero-order valence-corrected chi connectivity index (χ0v) is 13.8. The van der Waals surface area contributed by atoms with Gasteiger partial charge in [0.15, 0.2) is 6.10 Å². The number of ether oxygens (including phenoxy) is 3. The molecule has 6 nitrogen and oxygen atoms in total. The maximum absolute atomic E-state index is 12.2. The molecule has 1 unspecified atom stereocenters. The maximum Gasteiger partial charge on any atom is 0.339 e. The molecule has 1 amide bonds. The summed E-state index contributed by atoms with van der Waals surface area (Å²) in [6.45, 7) is 1.51. The minimum atomic E-state index is -0.946. The number of anilines is 1. The number of amides is 1. The molecule has 1 N–H and O–H groups in total. The van der Waals surface area contributed by atoms with Crippen LogP contribution in [0.2, 0.25) is 0 Å². The highest BCUT2D eigenvalue weighted by atomic mass is 32.1. The van der Waals surface area contributed by atoms with E-state index in [1.807, 2.05) is 0 Å². The standard InChI is InChI=1S/C16H17NO5S/c1-10(22-16(19)11-6-7-23-9-11)15(18)17-13-8-12(20-2)4-5-14(13)21-3/h4-10H,1-3H3,(H,17,18). The van der Waals surface area contributed by atoms with Crippen LogP contribution in [0.15, 0.2) is 35.0 Å². The Balaban J connectivity index is 2.04. The SMILES string of the molecule is COc1ccc(OC)c(NC(=O)C(C)OC(=O)c2ccsc2)c1. The van der Waals surface area contributed by atoms with Crippen LogP contribution in [-0.4, -0.2) is 32.2 Å². The largest absolute Gasteiger partial charge is 0.497 e. The third-order valence-corrected chi connectivity index (χ3v) is 3.76. The van der Waals surface area contributed by atoms with Crippen molar-refractivity contribution in [3.63, 3.8) is 0 Å². The first-order valence-corrected chi connectivity index (χ1v) is 7.75. The first kappa shape index (κ1) is 16.8. The normalized spacial score (nSPS) is 11.4. The second-order valence-electron chi connectivity index (χ2n) is 4.62. The Labute approximate surface area is 138 Å². The van der Waals surface area contributed by atoms with Crippen molar-refractivity contribution in [2.24, 2.45) is 0 Å². The van der Waals surface area contributed by atoms with Crippen LogP contribution in [0.3, 0.4) is 0 Å². The molecule has 1 aromatic carbocycles. The summed E-state index contributed by atoms with van der Waals surface area (Å²) in [4.78, 5) is 24.1. The average molecular weight is 335 g/mol. The van der Waals surface area contributed by atoms with Crippen LogP contribution in [0.1, 0.15) is 17.3 Å². The van der Waals surface area contributed by atoms with Gasteiger partial charge in [0.05, 0.1) is 25.5 Å². The Morgan fingerprint density at radius 1 is 1.17 bits per heavy atom. The summed E-state index contributed by atoms with van der Waals surface area (Å²) in [6, 6.07) is 6.66. The summed E-state index contributed by atoms with van der Waals surface area (Å²) in [6.07, 6.45) is -0.946. The van der Waals surface area contributed by atoms with Crippen molar-refractivity contribution in [1.82, 2.24) is 0 Å². The molecule has 1 heterocycles. The van der Waals surface area contributed by atoms with Crippen LogP contribution >= 0.6 is 11.3 Å². The minimum Gasteiger partial charge on any atom is -0.497 e. The van der Waals surface area contributed by atoms with Gasteiger partial charge in [-0.1, -0.05) is 0 Å². The number of rotatable bonds is 6. The predicted octanol–water partition coefficient (Wildman–Crippen LogP) is 2.95. The van der Waals surface area contributed by atoms with E-state index < -0.39 is 18.0 Å². The summed E-state index contributed by atoms with van der Waals surface area (Å²) in [5, 5.41) is 6.10. The number of hydrogen-bond donors (Lipinski definition) is 1. The van der Waals surface area contributed by atoms with Crippen molar-refractivity contribution in [2.75, 3.05) is 19.5 Å². The molecule has 122 valence electrons. The molecule has 23 heavy (non-hydrogen) atoms. The molecule has 2 aromatic rings. The van der Waals surface area contributed by atoms with Crippen molar-refractivity contribution < 1.29 is 23.8 Å². The zero-order chi connectivity index (χ0) is 16.8. The van der Waals surface area contributed by atoms with Crippen molar-refractivity contribution >= 4 is 28.9 Å². The Hall–Kier alpha value is -2.54. The molecule has 7 heteroatoms. The summed E-state index contributed by atoms with van der Waals surface area (Å²) < 4.78 is 15.5. The number of esters is 1. The van der Waals surface area contributed by atoms with E-state index in [9.17, 15) is 9.59 Å². The average Bonchev–Trinajstić information content (AvgIpc) is 3.09. The van der Waals surface area contributed by atoms with E-state index in [1.165, 1.54) is 32.5 Å². The third kappa shape index (κ3) is 4.23. The van der Waals surface area contributed by atoms with Gasteiger partial charge in [-0.25, -0.2) is 4.79 Å². The van der Waals surface area contributed by atoms with Crippen molar-refractivity contribution in [1.29, 1.82) is 0 Å². The lowest BCUT2D eigenvalue weighted by Crippen LogP contribution is -2.30. The zero-order valence-electron chi connectivity index (χ0n) is 13.0. The molecule has 0 aliphatic heterocycles. The summed E-state index contributed by atoms with van der Waals surface area (Å²) in [7, 11) is 3.02. The second kappa shape index (κ2) is 7.64. The molecule has 0 aliphatic rings. The molecular weight excluding hydrogens is 318 g/mol. The van der Waals surface area contributed by atoms with Crippen molar-refractivity contribution in [3.05, 3.63) is 40.6 Å². The number of thiophene rings is 1. The number of hydrogen-bond acceptors (Lipinski definition) is 6. The van der Waals surface area contributed by atoms with Gasteiger partial charge < -0.3 is 19.5 Å². The van der Waals surface area contributed by atoms with Crippen LogP contribution in [0.5, 0.6) is 11.5 Å². The van der Waals surface area contributed by atoms with E-state index in [-0.39, 0.29) is 0 Å². The highest BCUT2D eigenvalue weighted by Gasteiger charge is 2.20. The van der Waals surface area contributed by atoms with Gasteiger partial charge >= 0.3 is 5.97 Å². The van der Waals surface area contributed by atoms with Crippen LogP contribution in [0, 0.1) is 0 Å². The van der Waals surface area contributed by atoms with E-state index in [2.05, 4.69) is 5.32 Å². The molecule has 0 aliphatic carbocycles. The predicted molar refractivity (Wildman–Crippen MR) is 87.4 cm³/mol. The monoisotopic (exact) mass is 335 g/mol. The van der Waals surface area contributed by atoms with Crippen molar-refractivity contribution in [2.45, 2.75) is 13.0 Å². The number of methoxy groups -OCH3 is 2. The smallest absolute Gasteiger partial charge is 0.339 e. The topological polar surface area (TPSA) is 73.9 Å². The fraction of sp³-hybridized carbons (Fsp3) is 0.250. The van der Waals surface area contributed by atoms with Gasteiger partial charge in [-0.3, -0.25) is 4.79 Å². The van der Waals surface area contributed by atoms with Gasteiger partial charge in [0.1, 0.15) is 11.5 Å². The molecule has 1 atom stereocenters. The van der Waals surface area contributed by atoms with Gasteiger partial charge in [0.25, 0.3) is 5.91 Å². The highest BCUT2D eigenvalue weighted by molar-refractivity contribution is 7.08. The molecule has 0 radical (unpaired) electrons. The first-order chi connectivity index (χ1) is 11.0. The third-order valence-electron chi connectivity index (χ3n) is 3.07. The molecule has 1 aromatic heterocycles. The van der Waals surface area contributed by atoms with Crippen LogP contribution in [0.4, 0.5) is 5.69 Å². The van der Waals surface area contributed by atoms with Crippen LogP contribution in [-0.2, 0) is 9.53 Å².